The lowest BCUT2D eigenvalue weighted by Crippen LogP contribution is -2.27. The van der Waals surface area contributed by atoms with Crippen molar-refractivity contribution < 1.29 is 14.6 Å². The van der Waals surface area contributed by atoms with Crippen molar-refractivity contribution in [1.29, 1.82) is 0 Å². The first kappa shape index (κ1) is 27.0. The molecule has 0 atom stereocenters. The standard InChI is InChI=1S/C24H26N6O3.C2H6/c1-5-33-22(32)19(20(31)16-9-7-6-8-10-16)21(25)29-23(26)30-24-27-15(4)17-11-13(2)14(3)12-18(17)28-24;1-2/h6-12,31H,5H2,1-4H3,(H4,25,26,27,28,29,30);1-2H3/b20-19+;. The van der Waals surface area contributed by atoms with E-state index >= 15 is 0 Å². The maximum Gasteiger partial charge on any atom is 0.345 e. The normalized spacial score (nSPS) is 12.5. The van der Waals surface area contributed by atoms with Crippen molar-refractivity contribution in [3.05, 3.63) is 70.4 Å². The SMILES string of the molecule is CC.CCOC(=O)C(/C(N)=N\C(N)=N\c1nc(C)c2cc(C)c(C)cc2n1)=C(/O)c1ccccc1. The van der Waals surface area contributed by atoms with Gasteiger partial charge in [-0.05, 0) is 51.0 Å². The number of fused-ring (bicyclic) bond motifs is 1. The number of ether oxygens (including phenoxy) is 1. The molecule has 0 fully saturated rings. The summed E-state index contributed by atoms with van der Waals surface area (Å²) in [5.74, 6) is -1.74. The number of guanidine groups is 1. The van der Waals surface area contributed by atoms with Gasteiger partial charge in [-0.1, -0.05) is 44.2 Å². The highest BCUT2D eigenvalue weighted by molar-refractivity contribution is 6.24. The quantitative estimate of drug-likeness (QED) is 0.162. The molecule has 3 rings (SSSR count). The van der Waals surface area contributed by atoms with Gasteiger partial charge in [0.05, 0.1) is 17.8 Å². The van der Waals surface area contributed by atoms with Crippen LogP contribution in [0.25, 0.3) is 16.7 Å². The number of nitrogens with zero attached hydrogens (tertiary/aromatic N) is 4. The molecule has 9 nitrogen and oxygen atoms in total. The summed E-state index contributed by atoms with van der Waals surface area (Å²) in [6.07, 6.45) is 0. The highest BCUT2D eigenvalue weighted by Gasteiger charge is 2.22. The van der Waals surface area contributed by atoms with Crippen molar-refractivity contribution >= 4 is 40.4 Å². The summed E-state index contributed by atoms with van der Waals surface area (Å²) in [5.41, 5.74) is 15.7. The molecule has 5 N–H and O–H groups in total. The first-order chi connectivity index (χ1) is 16.7. The second-order valence-corrected chi connectivity index (χ2v) is 7.34. The van der Waals surface area contributed by atoms with Crippen LogP contribution in [0.2, 0.25) is 0 Å². The highest BCUT2D eigenvalue weighted by Crippen LogP contribution is 2.22. The Balaban J connectivity index is 0.00000210. The molecule has 1 heterocycles. The fourth-order valence-electron chi connectivity index (χ4n) is 3.15. The van der Waals surface area contributed by atoms with Gasteiger partial charge in [-0.25, -0.2) is 14.8 Å². The van der Waals surface area contributed by atoms with E-state index in [0.29, 0.717) is 5.56 Å². The lowest BCUT2D eigenvalue weighted by molar-refractivity contribution is -0.137. The van der Waals surface area contributed by atoms with Gasteiger partial charge in [0.15, 0.2) is 0 Å². The molecule has 184 valence electrons. The first-order valence-electron chi connectivity index (χ1n) is 11.3. The van der Waals surface area contributed by atoms with Crippen LogP contribution >= 0.6 is 0 Å². The summed E-state index contributed by atoms with van der Waals surface area (Å²) in [4.78, 5) is 29.4. The molecule has 1 aromatic heterocycles. The van der Waals surface area contributed by atoms with Crippen molar-refractivity contribution in [3.63, 3.8) is 0 Å². The largest absolute Gasteiger partial charge is 0.506 e. The number of rotatable bonds is 5. The van der Waals surface area contributed by atoms with Crippen molar-refractivity contribution in [2.45, 2.75) is 41.5 Å². The Morgan fingerprint density at radius 2 is 1.66 bits per heavy atom. The van der Waals surface area contributed by atoms with E-state index in [1.54, 1.807) is 37.3 Å². The van der Waals surface area contributed by atoms with E-state index in [4.69, 9.17) is 16.2 Å². The van der Waals surface area contributed by atoms with Crippen LogP contribution in [-0.4, -0.2) is 39.4 Å². The van der Waals surface area contributed by atoms with E-state index in [1.165, 1.54) is 0 Å². The number of aliphatic hydroxyl groups is 1. The summed E-state index contributed by atoms with van der Waals surface area (Å²) >= 11 is 0. The minimum absolute atomic E-state index is 0.0877. The number of benzene rings is 2. The average molecular weight is 477 g/mol. The van der Waals surface area contributed by atoms with Crippen molar-refractivity contribution in [1.82, 2.24) is 9.97 Å². The summed E-state index contributed by atoms with van der Waals surface area (Å²) in [7, 11) is 0. The zero-order valence-electron chi connectivity index (χ0n) is 21.0. The fraction of sp³-hybridized carbons (Fsp3) is 0.269. The molecule has 0 aliphatic carbocycles. The number of amidine groups is 1. The number of aliphatic imine (C=N–C) groups is 2. The van der Waals surface area contributed by atoms with Crippen molar-refractivity contribution in [2.75, 3.05) is 6.61 Å². The van der Waals surface area contributed by atoms with Gasteiger partial charge >= 0.3 is 5.97 Å². The molecule has 0 saturated heterocycles. The number of hydrogen-bond donors (Lipinski definition) is 3. The van der Waals surface area contributed by atoms with Gasteiger partial charge in [0.25, 0.3) is 5.95 Å². The van der Waals surface area contributed by atoms with Gasteiger partial charge in [0, 0.05) is 10.9 Å². The third-order valence-corrected chi connectivity index (χ3v) is 4.96. The minimum Gasteiger partial charge on any atom is -0.506 e. The number of aromatic nitrogens is 2. The predicted molar refractivity (Wildman–Crippen MR) is 141 cm³/mol. The predicted octanol–water partition coefficient (Wildman–Crippen LogP) is 4.42. The van der Waals surface area contributed by atoms with Crippen LogP contribution in [0.4, 0.5) is 5.95 Å². The number of nitrogens with two attached hydrogens (primary N) is 2. The fourth-order valence-corrected chi connectivity index (χ4v) is 3.15. The lowest BCUT2D eigenvalue weighted by Gasteiger charge is -2.10. The van der Waals surface area contributed by atoms with Gasteiger partial charge in [-0.3, -0.25) is 0 Å². The topological polar surface area (TPSA) is 149 Å². The van der Waals surface area contributed by atoms with Crippen LogP contribution in [0, 0.1) is 20.8 Å². The van der Waals surface area contributed by atoms with Crippen LogP contribution in [0.1, 0.15) is 43.2 Å². The highest BCUT2D eigenvalue weighted by atomic mass is 16.5. The minimum atomic E-state index is -0.837. The molecule has 0 bridgehead atoms. The van der Waals surface area contributed by atoms with Gasteiger partial charge in [0.1, 0.15) is 17.2 Å². The van der Waals surface area contributed by atoms with E-state index < -0.39 is 5.97 Å². The van der Waals surface area contributed by atoms with Gasteiger partial charge < -0.3 is 21.3 Å². The smallest absolute Gasteiger partial charge is 0.345 e. The van der Waals surface area contributed by atoms with Crippen LogP contribution in [0.5, 0.6) is 0 Å². The maximum absolute atomic E-state index is 12.5. The second kappa shape index (κ2) is 12.3. The molecule has 0 unspecified atom stereocenters. The molecule has 35 heavy (non-hydrogen) atoms. The van der Waals surface area contributed by atoms with Gasteiger partial charge in [-0.2, -0.15) is 9.98 Å². The molecular formula is C26H32N6O3. The Bertz CT molecular complexity index is 1300. The first-order valence-corrected chi connectivity index (χ1v) is 11.3. The van der Waals surface area contributed by atoms with E-state index in [9.17, 15) is 9.90 Å². The Labute approximate surface area is 205 Å². The van der Waals surface area contributed by atoms with Crippen LogP contribution in [-0.2, 0) is 9.53 Å². The van der Waals surface area contributed by atoms with E-state index in [1.807, 2.05) is 46.8 Å². The molecule has 0 aliphatic heterocycles. The number of carbonyl (C=O) groups is 1. The second-order valence-electron chi connectivity index (χ2n) is 7.34. The molecular weight excluding hydrogens is 444 g/mol. The number of esters is 1. The molecule has 0 aliphatic rings. The average Bonchev–Trinajstić information content (AvgIpc) is 2.82. The Kier molecular flexibility index (Phi) is 9.45. The summed E-state index contributed by atoms with van der Waals surface area (Å²) in [5, 5.41) is 11.6. The Morgan fingerprint density at radius 1 is 1.03 bits per heavy atom. The monoisotopic (exact) mass is 476 g/mol. The molecule has 3 aromatic rings. The maximum atomic E-state index is 12.5. The third-order valence-electron chi connectivity index (χ3n) is 4.96. The van der Waals surface area contributed by atoms with Crippen LogP contribution in [0.15, 0.2) is 58.0 Å². The third kappa shape index (κ3) is 6.63. The molecule has 0 spiro atoms. The number of aryl methyl sites for hydroxylation is 3. The van der Waals surface area contributed by atoms with Crippen molar-refractivity contribution in [2.24, 2.45) is 21.5 Å². The molecule has 0 amide bonds. The molecule has 0 saturated carbocycles. The lowest BCUT2D eigenvalue weighted by atomic mass is 10.1. The molecule has 2 aromatic carbocycles. The summed E-state index contributed by atoms with van der Waals surface area (Å²) in [6.45, 7) is 11.6. The summed E-state index contributed by atoms with van der Waals surface area (Å²) in [6, 6.07) is 12.4. The Morgan fingerprint density at radius 3 is 2.29 bits per heavy atom. The molecule has 9 heteroatoms. The summed E-state index contributed by atoms with van der Waals surface area (Å²) < 4.78 is 5.03. The number of hydrogen-bond acceptors (Lipinski definition) is 6. The zero-order chi connectivity index (χ0) is 26.1. The number of aliphatic hydroxyl groups excluding tert-OH is 1. The van der Waals surface area contributed by atoms with Crippen LogP contribution in [0.3, 0.4) is 0 Å². The Hall–Kier alpha value is -4.27. The zero-order valence-corrected chi connectivity index (χ0v) is 21.0. The van der Waals surface area contributed by atoms with Crippen molar-refractivity contribution in [3.8, 4) is 0 Å². The van der Waals surface area contributed by atoms with E-state index in [-0.39, 0.29) is 35.7 Å². The van der Waals surface area contributed by atoms with E-state index in [0.717, 1.165) is 27.7 Å². The van der Waals surface area contributed by atoms with E-state index in [2.05, 4.69) is 20.0 Å². The molecule has 0 radical (unpaired) electrons. The van der Waals surface area contributed by atoms with Gasteiger partial charge in [-0.15, -0.1) is 0 Å². The van der Waals surface area contributed by atoms with Gasteiger partial charge in [0.2, 0.25) is 5.96 Å². The number of carbonyl (C=O) groups excluding carboxylic acids is 1. The van der Waals surface area contributed by atoms with Crippen LogP contribution < -0.4 is 11.5 Å².